The first-order valence-electron chi connectivity index (χ1n) is 9.22. The number of aryl methyl sites for hydroxylation is 2. The lowest BCUT2D eigenvalue weighted by Crippen LogP contribution is -2.38. The average molecular weight is 346 g/mol. The minimum absolute atomic E-state index is 0.289. The molecule has 1 atom stereocenters. The fraction of sp³-hybridized carbons (Fsp3) is 0.350. The van der Waals surface area contributed by atoms with Crippen LogP contribution in [0, 0.1) is 0 Å². The summed E-state index contributed by atoms with van der Waals surface area (Å²) in [7, 11) is 0. The molecule has 2 aromatic rings. The second-order valence-corrected chi connectivity index (χ2v) is 7.15. The molecule has 0 saturated carbocycles. The smallest absolute Gasteiger partial charge is 0.114 e. The maximum Gasteiger partial charge on any atom is 0.114 e. The van der Waals surface area contributed by atoms with E-state index in [2.05, 4.69) is 57.5 Å². The summed E-state index contributed by atoms with van der Waals surface area (Å²) >= 11 is 0. The summed E-state index contributed by atoms with van der Waals surface area (Å²) in [5, 5.41) is 2.14. The lowest BCUT2D eigenvalue weighted by molar-refractivity contribution is 0.318. The number of imidazole rings is 1. The highest BCUT2D eigenvalue weighted by Crippen LogP contribution is 2.32. The highest BCUT2D eigenvalue weighted by molar-refractivity contribution is 5.99. The van der Waals surface area contributed by atoms with Gasteiger partial charge in [0, 0.05) is 24.9 Å². The third-order valence-corrected chi connectivity index (χ3v) is 5.28. The van der Waals surface area contributed by atoms with E-state index in [1.807, 2.05) is 12.4 Å². The van der Waals surface area contributed by atoms with Crippen LogP contribution in [0.4, 0.5) is 5.69 Å². The number of H-pyrrole nitrogens is 1. The van der Waals surface area contributed by atoms with E-state index in [9.17, 15) is 0 Å². The van der Waals surface area contributed by atoms with E-state index in [1.165, 1.54) is 11.3 Å². The Labute approximate surface area is 152 Å². The molecule has 0 amide bonds. The van der Waals surface area contributed by atoms with Crippen molar-refractivity contribution in [3.05, 3.63) is 47.2 Å². The van der Waals surface area contributed by atoms with Crippen LogP contribution in [-0.2, 0) is 12.8 Å². The number of benzene rings is 1. The molecule has 132 valence electrons. The molecule has 0 saturated heterocycles. The van der Waals surface area contributed by atoms with Crippen molar-refractivity contribution in [2.24, 2.45) is 9.98 Å². The number of aliphatic imine (C=N–C) groups is 2. The van der Waals surface area contributed by atoms with Gasteiger partial charge in [0.25, 0.3) is 0 Å². The van der Waals surface area contributed by atoms with Crippen molar-refractivity contribution in [2.45, 2.75) is 45.6 Å². The maximum absolute atomic E-state index is 4.84. The molecular weight excluding hydrogens is 324 g/mol. The van der Waals surface area contributed by atoms with Crippen molar-refractivity contribution in [3.63, 3.8) is 0 Å². The van der Waals surface area contributed by atoms with Gasteiger partial charge in [-0.05, 0) is 50.8 Å². The van der Waals surface area contributed by atoms with Gasteiger partial charge in [-0.2, -0.15) is 0 Å². The molecule has 0 bridgehead atoms. The first-order chi connectivity index (χ1) is 12.7. The number of aromatic nitrogens is 2. The first-order valence-corrected chi connectivity index (χ1v) is 9.22. The van der Waals surface area contributed by atoms with Crippen molar-refractivity contribution in [1.82, 2.24) is 20.4 Å². The summed E-state index contributed by atoms with van der Waals surface area (Å²) in [6.07, 6.45) is 10.1. The minimum Gasteiger partial charge on any atom is -0.342 e. The number of fused-ring (bicyclic) bond motifs is 4. The monoisotopic (exact) mass is 346 g/mol. The Morgan fingerprint density at radius 1 is 1.27 bits per heavy atom. The molecule has 1 unspecified atom stereocenters. The summed E-state index contributed by atoms with van der Waals surface area (Å²) in [6, 6.07) is 4.60. The normalized spacial score (nSPS) is 21.4. The van der Waals surface area contributed by atoms with Crippen LogP contribution in [-0.4, -0.2) is 32.9 Å². The van der Waals surface area contributed by atoms with Crippen molar-refractivity contribution in [3.8, 4) is 0 Å². The number of allylic oxidation sites excluding steroid dienone is 2. The van der Waals surface area contributed by atoms with Crippen molar-refractivity contribution in [2.75, 3.05) is 0 Å². The third kappa shape index (κ3) is 2.49. The Kier molecular flexibility index (Phi) is 3.53. The standard InChI is InChI=1S/C20H22N6/c1-12-11-22-13(2)17-10-15(25-26(12)17)6-8-18-23-16-7-5-14-4-3-9-21-19(14)20(16)24-18/h5,7,9-11,15,25H,3-4,6,8H2,1-2H3,(H,23,24). The van der Waals surface area contributed by atoms with Crippen molar-refractivity contribution >= 4 is 28.6 Å². The fourth-order valence-corrected chi connectivity index (χ4v) is 3.86. The van der Waals surface area contributed by atoms with Gasteiger partial charge in [-0.25, -0.2) is 10.4 Å². The second-order valence-electron chi connectivity index (χ2n) is 7.15. The van der Waals surface area contributed by atoms with Gasteiger partial charge in [-0.15, -0.1) is 0 Å². The van der Waals surface area contributed by atoms with Crippen LogP contribution in [0.3, 0.4) is 0 Å². The number of rotatable bonds is 3. The Balaban J connectivity index is 1.35. The molecule has 26 heavy (non-hydrogen) atoms. The number of hydrogen-bond donors (Lipinski definition) is 2. The molecule has 1 aromatic heterocycles. The number of hydrogen-bond acceptors (Lipinski definition) is 5. The average Bonchev–Trinajstić information content (AvgIpc) is 3.28. The molecule has 0 fully saturated rings. The Morgan fingerprint density at radius 3 is 3.08 bits per heavy atom. The van der Waals surface area contributed by atoms with Gasteiger partial charge < -0.3 is 4.98 Å². The second kappa shape index (κ2) is 5.92. The Hall–Kier alpha value is -2.73. The number of aromatic amines is 1. The van der Waals surface area contributed by atoms with Crippen LogP contribution in [0.15, 0.2) is 45.8 Å². The molecule has 2 N–H and O–H groups in total. The molecule has 3 aliphatic heterocycles. The highest BCUT2D eigenvalue weighted by Gasteiger charge is 2.27. The SMILES string of the molecule is CC1=CN=C(C)C2=CC(CCc3nc4c5c(ccc4[nH]3)CCC=N5)NN12. The van der Waals surface area contributed by atoms with E-state index < -0.39 is 0 Å². The molecule has 0 spiro atoms. The van der Waals surface area contributed by atoms with E-state index >= 15 is 0 Å². The van der Waals surface area contributed by atoms with Crippen molar-refractivity contribution in [1.29, 1.82) is 0 Å². The summed E-state index contributed by atoms with van der Waals surface area (Å²) < 4.78 is 0. The van der Waals surface area contributed by atoms with E-state index in [0.717, 1.165) is 59.6 Å². The van der Waals surface area contributed by atoms with Crippen LogP contribution < -0.4 is 5.43 Å². The minimum atomic E-state index is 0.289. The largest absolute Gasteiger partial charge is 0.342 e. The summed E-state index contributed by atoms with van der Waals surface area (Å²) in [5.41, 5.74) is 11.3. The molecule has 4 heterocycles. The fourth-order valence-electron chi connectivity index (χ4n) is 3.86. The summed E-state index contributed by atoms with van der Waals surface area (Å²) in [4.78, 5) is 17.3. The van der Waals surface area contributed by atoms with E-state index in [1.54, 1.807) is 0 Å². The van der Waals surface area contributed by atoms with Gasteiger partial charge in [0.05, 0.1) is 28.3 Å². The summed E-state index contributed by atoms with van der Waals surface area (Å²) in [5.74, 6) is 1.02. The molecule has 5 rings (SSSR count). The molecule has 6 heteroatoms. The van der Waals surface area contributed by atoms with Crippen molar-refractivity contribution < 1.29 is 0 Å². The van der Waals surface area contributed by atoms with E-state index in [-0.39, 0.29) is 6.04 Å². The molecule has 1 aromatic carbocycles. The molecule has 3 aliphatic rings. The third-order valence-electron chi connectivity index (χ3n) is 5.28. The van der Waals surface area contributed by atoms with Gasteiger partial charge in [-0.1, -0.05) is 6.07 Å². The van der Waals surface area contributed by atoms with Crippen LogP contribution in [0.5, 0.6) is 0 Å². The Morgan fingerprint density at radius 2 is 2.19 bits per heavy atom. The molecular formula is C20H22N6. The maximum atomic E-state index is 4.84. The first kappa shape index (κ1) is 15.5. The lowest BCUT2D eigenvalue weighted by atomic mass is 10.0. The number of hydrazine groups is 1. The Bertz CT molecular complexity index is 1010. The van der Waals surface area contributed by atoms with E-state index in [0.29, 0.717) is 0 Å². The van der Waals surface area contributed by atoms with Gasteiger partial charge in [0.2, 0.25) is 0 Å². The number of nitrogens with zero attached hydrogens (tertiary/aromatic N) is 4. The molecule has 6 nitrogen and oxygen atoms in total. The van der Waals surface area contributed by atoms with Crippen LogP contribution in [0.2, 0.25) is 0 Å². The highest BCUT2D eigenvalue weighted by atomic mass is 15.5. The number of nitrogens with one attached hydrogen (secondary N) is 2. The van der Waals surface area contributed by atoms with Gasteiger partial charge in [0.1, 0.15) is 11.3 Å². The lowest BCUT2D eigenvalue weighted by Gasteiger charge is -2.26. The van der Waals surface area contributed by atoms with Gasteiger partial charge in [0.15, 0.2) is 0 Å². The zero-order valence-electron chi connectivity index (χ0n) is 15.1. The molecule has 0 radical (unpaired) electrons. The van der Waals surface area contributed by atoms with Crippen LogP contribution in [0.25, 0.3) is 11.0 Å². The predicted molar refractivity (Wildman–Crippen MR) is 105 cm³/mol. The predicted octanol–water partition coefficient (Wildman–Crippen LogP) is 3.55. The zero-order valence-corrected chi connectivity index (χ0v) is 15.1. The van der Waals surface area contributed by atoms with E-state index in [4.69, 9.17) is 4.98 Å². The van der Waals surface area contributed by atoms with Gasteiger partial charge in [-0.3, -0.25) is 15.0 Å². The zero-order chi connectivity index (χ0) is 17.7. The topological polar surface area (TPSA) is 68.7 Å². The summed E-state index contributed by atoms with van der Waals surface area (Å²) in [6.45, 7) is 4.12. The van der Waals surface area contributed by atoms with Gasteiger partial charge >= 0.3 is 0 Å². The molecule has 0 aliphatic carbocycles. The quantitative estimate of drug-likeness (QED) is 0.893. The van der Waals surface area contributed by atoms with Crippen LogP contribution >= 0.6 is 0 Å². The van der Waals surface area contributed by atoms with Crippen LogP contribution in [0.1, 0.15) is 38.1 Å².